The lowest BCUT2D eigenvalue weighted by Gasteiger charge is -2.63. The van der Waals surface area contributed by atoms with E-state index in [0.717, 1.165) is 30.5 Å². The average Bonchev–Trinajstić information content (AvgIpc) is 2.77. The first-order valence-electron chi connectivity index (χ1n) is 11.4. The van der Waals surface area contributed by atoms with Crippen LogP contribution in [-0.2, 0) is 23.2 Å². The molecule has 1 saturated heterocycles. The Hall–Kier alpha value is -2.37. The monoisotopic (exact) mass is 421 g/mol. The van der Waals surface area contributed by atoms with Crippen molar-refractivity contribution < 1.29 is 19.4 Å². The van der Waals surface area contributed by atoms with Crippen molar-refractivity contribution in [3.8, 4) is 11.5 Å². The lowest BCUT2D eigenvalue weighted by atomic mass is 9.49. The van der Waals surface area contributed by atoms with Crippen LogP contribution in [-0.4, -0.2) is 47.6 Å². The number of hydrogen-bond donors (Lipinski definition) is 1. The van der Waals surface area contributed by atoms with Crippen LogP contribution in [0.1, 0.15) is 49.3 Å². The van der Waals surface area contributed by atoms with Crippen LogP contribution in [0.2, 0.25) is 0 Å². The maximum Gasteiger partial charge on any atom is 0.165 e. The fourth-order valence-corrected chi connectivity index (χ4v) is 6.23. The second kappa shape index (κ2) is 7.64. The van der Waals surface area contributed by atoms with E-state index in [1.165, 1.54) is 5.56 Å². The van der Waals surface area contributed by atoms with Crippen molar-refractivity contribution in [2.75, 3.05) is 20.2 Å². The Morgan fingerprint density at radius 2 is 1.94 bits per heavy atom. The number of piperidine rings is 1. The normalized spacial score (nSPS) is 29.8. The summed E-state index contributed by atoms with van der Waals surface area (Å²) < 4.78 is 12.4. The van der Waals surface area contributed by atoms with Gasteiger partial charge in [-0.25, -0.2) is 0 Å². The third-order valence-electron chi connectivity index (χ3n) is 7.71. The molecule has 2 aromatic rings. The minimum atomic E-state index is -0.934. The van der Waals surface area contributed by atoms with Gasteiger partial charge in [0.2, 0.25) is 0 Å². The molecule has 1 heterocycles. The quantitative estimate of drug-likeness (QED) is 0.799. The molecule has 0 unspecified atom stereocenters. The van der Waals surface area contributed by atoms with Gasteiger partial charge < -0.3 is 19.5 Å². The molecule has 0 spiro atoms. The van der Waals surface area contributed by atoms with E-state index in [1.807, 2.05) is 43.3 Å². The van der Waals surface area contributed by atoms with E-state index in [1.54, 1.807) is 0 Å². The molecule has 1 aliphatic heterocycles. The molecular weight excluding hydrogens is 390 g/mol. The molecule has 5 nitrogen and oxygen atoms in total. The van der Waals surface area contributed by atoms with E-state index in [2.05, 4.69) is 18.0 Å². The molecule has 31 heavy (non-hydrogen) atoms. The topological polar surface area (TPSA) is 59.0 Å². The molecule has 5 rings (SSSR count). The summed E-state index contributed by atoms with van der Waals surface area (Å²) in [6.07, 6.45) is 2.83. The fraction of sp³-hybridized carbons (Fsp3) is 0.500. The first-order valence-corrected chi connectivity index (χ1v) is 11.4. The molecule has 5 heteroatoms. The lowest BCUT2D eigenvalue weighted by Crippen LogP contribution is -2.72. The number of hydrogen-bond acceptors (Lipinski definition) is 5. The van der Waals surface area contributed by atoms with Gasteiger partial charge in [0.1, 0.15) is 12.4 Å². The second-order valence-electron chi connectivity index (χ2n) is 9.31. The van der Waals surface area contributed by atoms with Crippen LogP contribution in [0.3, 0.4) is 0 Å². The summed E-state index contributed by atoms with van der Waals surface area (Å²) in [4.78, 5) is 15.0. The SMILES string of the molecule is CCOc1ccc2c(c1OCc1ccccc1)[C@]13CCN(C)[C@H](C2)[C@]1(O)CCC(=O)C3. The number of aliphatic hydroxyl groups is 1. The number of likely N-dealkylation sites (N-methyl/N-ethyl adjacent to an activating group) is 1. The number of Topliss-reactive ketones (excluding diaryl/α,β-unsaturated/α-hetero) is 1. The summed E-state index contributed by atoms with van der Waals surface area (Å²) in [5.41, 5.74) is 1.70. The lowest BCUT2D eigenvalue weighted by molar-refractivity contribution is -0.169. The molecule has 2 aromatic carbocycles. The van der Waals surface area contributed by atoms with E-state index in [9.17, 15) is 9.90 Å². The number of carbonyl (C=O) groups excluding carboxylic acids is 1. The van der Waals surface area contributed by atoms with Gasteiger partial charge in [-0.3, -0.25) is 4.79 Å². The molecular formula is C26H31NO4. The van der Waals surface area contributed by atoms with Crippen molar-refractivity contribution in [1.29, 1.82) is 0 Å². The Kier molecular flexibility index (Phi) is 5.06. The first-order chi connectivity index (χ1) is 15.0. The molecule has 0 amide bonds. The van der Waals surface area contributed by atoms with Crippen molar-refractivity contribution in [2.24, 2.45) is 0 Å². The molecule has 2 aliphatic carbocycles. The number of rotatable bonds is 5. The van der Waals surface area contributed by atoms with Crippen molar-refractivity contribution in [3.63, 3.8) is 0 Å². The Labute approximate surface area is 184 Å². The molecule has 2 fully saturated rings. The average molecular weight is 422 g/mol. The van der Waals surface area contributed by atoms with Crippen LogP contribution in [0.4, 0.5) is 0 Å². The van der Waals surface area contributed by atoms with Gasteiger partial charge in [0.05, 0.1) is 12.2 Å². The number of fused-ring (bicyclic) bond motifs is 1. The number of benzene rings is 2. The number of likely N-dealkylation sites (tertiary alicyclic amines) is 1. The zero-order valence-corrected chi connectivity index (χ0v) is 18.4. The third-order valence-corrected chi connectivity index (χ3v) is 7.71. The molecule has 0 aromatic heterocycles. The first kappa shape index (κ1) is 20.5. The molecule has 0 radical (unpaired) electrons. The second-order valence-corrected chi connectivity index (χ2v) is 9.31. The van der Waals surface area contributed by atoms with Crippen LogP contribution < -0.4 is 9.47 Å². The number of ketones is 1. The zero-order valence-electron chi connectivity index (χ0n) is 18.4. The van der Waals surface area contributed by atoms with Gasteiger partial charge in [-0.1, -0.05) is 36.4 Å². The Balaban J connectivity index is 1.67. The minimum Gasteiger partial charge on any atom is -0.490 e. The highest BCUT2D eigenvalue weighted by molar-refractivity contribution is 5.83. The molecule has 3 atom stereocenters. The van der Waals surface area contributed by atoms with Crippen LogP contribution in [0.15, 0.2) is 42.5 Å². The molecule has 1 N–H and O–H groups in total. The maximum atomic E-state index is 12.8. The van der Waals surface area contributed by atoms with Gasteiger partial charge in [0.25, 0.3) is 0 Å². The standard InChI is InChI=1S/C26H31NO4/c1-3-30-21-10-9-19-15-22-26(29)12-11-20(28)16-25(26,13-14-27(22)2)23(19)24(21)31-17-18-7-5-4-6-8-18/h4-10,22,29H,3,11-17H2,1-2H3/t22-,25-,26-/m1/s1. The largest absolute Gasteiger partial charge is 0.490 e. The summed E-state index contributed by atoms with van der Waals surface area (Å²) in [5.74, 6) is 1.64. The van der Waals surface area contributed by atoms with E-state index in [4.69, 9.17) is 9.47 Å². The zero-order chi connectivity index (χ0) is 21.6. The van der Waals surface area contributed by atoms with Crippen LogP contribution in [0.5, 0.6) is 11.5 Å². The maximum absolute atomic E-state index is 12.8. The van der Waals surface area contributed by atoms with E-state index in [0.29, 0.717) is 44.0 Å². The Bertz CT molecular complexity index is 990. The highest BCUT2D eigenvalue weighted by atomic mass is 16.5. The Morgan fingerprint density at radius 1 is 1.13 bits per heavy atom. The van der Waals surface area contributed by atoms with Crippen LogP contribution >= 0.6 is 0 Å². The van der Waals surface area contributed by atoms with Gasteiger partial charge in [-0.05, 0) is 57.0 Å². The summed E-state index contributed by atoms with van der Waals surface area (Å²) in [5, 5.41) is 12.1. The van der Waals surface area contributed by atoms with Crippen LogP contribution in [0, 0.1) is 0 Å². The summed E-state index contributed by atoms with van der Waals surface area (Å²) >= 11 is 0. The minimum absolute atomic E-state index is 0.0155. The molecule has 164 valence electrons. The highest BCUT2D eigenvalue weighted by Gasteiger charge is 2.65. The van der Waals surface area contributed by atoms with Gasteiger partial charge >= 0.3 is 0 Å². The smallest absolute Gasteiger partial charge is 0.165 e. The van der Waals surface area contributed by atoms with E-state index >= 15 is 0 Å². The Morgan fingerprint density at radius 3 is 2.71 bits per heavy atom. The summed E-state index contributed by atoms with van der Waals surface area (Å²) in [6.45, 7) is 3.77. The predicted molar refractivity (Wildman–Crippen MR) is 119 cm³/mol. The number of ether oxygens (including phenoxy) is 2. The number of nitrogens with zero attached hydrogens (tertiary/aromatic N) is 1. The third kappa shape index (κ3) is 3.09. The van der Waals surface area contributed by atoms with Gasteiger partial charge in [0.15, 0.2) is 11.5 Å². The molecule has 2 bridgehead atoms. The van der Waals surface area contributed by atoms with E-state index < -0.39 is 11.0 Å². The highest BCUT2D eigenvalue weighted by Crippen LogP contribution is 2.60. The van der Waals surface area contributed by atoms with E-state index in [-0.39, 0.29) is 11.8 Å². The summed E-state index contributed by atoms with van der Waals surface area (Å²) in [6, 6.07) is 14.2. The summed E-state index contributed by atoms with van der Waals surface area (Å²) in [7, 11) is 2.09. The number of carbonyl (C=O) groups is 1. The van der Waals surface area contributed by atoms with Crippen molar-refractivity contribution in [1.82, 2.24) is 4.90 Å². The molecule has 3 aliphatic rings. The van der Waals surface area contributed by atoms with Crippen LogP contribution in [0.25, 0.3) is 0 Å². The van der Waals surface area contributed by atoms with Gasteiger partial charge in [-0.2, -0.15) is 0 Å². The van der Waals surface area contributed by atoms with Crippen molar-refractivity contribution >= 4 is 5.78 Å². The fourth-order valence-electron chi connectivity index (χ4n) is 6.23. The van der Waals surface area contributed by atoms with Crippen molar-refractivity contribution in [3.05, 3.63) is 59.2 Å². The van der Waals surface area contributed by atoms with Gasteiger partial charge in [-0.15, -0.1) is 0 Å². The predicted octanol–water partition coefficient (Wildman–Crippen LogP) is 3.65. The van der Waals surface area contributed by atoms with Crippen molar-refractivity contribution in [2.45, 2.75) is 62.7 Å². The molecule has 1 saturated carbocycles. The van der Waals surface area contributed by atoms with Gasteiger partial charge in [0, 0.05) is 29.9 Å².